The third kappa shape index (κ3) is 4.21. The lowest BCUT2D eigenvalue weighted by Gasteiger charge is -2.17. The zero-order valence-electron chi connectivity index (χ0n) is 12.4. The molecule has 116 valence electrons. The number of halogens is 2. The van der Waals surface area contributed by atoms with Crippen molar-refractivity contribution in [3.8, 4) is 5.75 Å². The molecule has 0 aliphatic carbocycles. The number of amides is 1. The summed E-state index contributed by atoms with van der Waals surface area (Å²) in [6.45, 7) is 3.84. The minimum atomic E-state index is -0.633. The highest BCUT2D eigenvalue weighted by molar-refractivity contribution is 6.31. The number of hydrogen-bond acceptors (Lipinski definition) is 2. The van der Waals surface area contributed by atoms with E-state index in [4.69, 9.17) is 16.3 Å². The average Bonchev–Trinajstić information content (AvgIpc) is 2.50. The van der Waals surface area contributed by atoms with E-state index in [-0.39, 0.29) is 10.9 Å². The summed E-state index contributed by atoms with van der Waals surface area (Å²) in [7, 11) is 0. The molecule has 1 N–H and O–H groups in total. The molecule has 0 aromatic heterocycles. The van der Waals surface area contributed by atoms with Crippen LogP contribution in [0.25, 0.3) is 0 Å². The van der Waals surface area contributed by atoms with Gasteiger partial charge in [0, 0.05) is 5.69 Å². The largest absolute Gasteiger partial charge is 0.481 e. The predicted molar refractivity (Wildman–Crippen MR) is 85.9 cm³/mol. The number of benzene rings is 2. The SMILES string of the molecule is CC[C@H](Oc1ccc(C)cc1)C(=O)Nc1ccc(F)c(Cl)c1. The summed E-state index contributed by atoms with van der Waals surface area (Å²) in [5, 5.41) is 2.64. The number of anilines is 1. The third-order valence-corrected chi connectivity index (χ3v) is 3.44. The zero-order chi connectivity index (χ0) is 16.1. The first kappa shape index (κ1) is 16.3. The highest BCUT2D eigenvalue weighted by atomic mass is 35.5. The van der Waals surface area contributed by atoms with Gasteiger partial charge in [-0.25, -0.2) is 4.39 Å². The van der Waals surface area contributed by atoms with E-state index in [1.54, 1.807) is 0 Å². The van der Waals surface area contributed by atoms with Crippen molar-refractivity contribution < 1.29 is 13.9 Å². The van der Waals surface area contributed by atoms with E-state index in [1.807, 2.05) is 38.1 Å². The number of ether oxygens (including phenoxy) is 1. The van der Waals surface area contributed by atoms with Crippen molar-refractivity contribution in [3.63, 3.8) is 0 Å². The molecule has 3 nitrogen and oxygen atoms in total. The summed E-state index contributed by atoms with van der Waals surface area (Å²) in [6, 6.07) is 11.5. The molecule has 1 atom stereocenters. The Morgan fingerprint density at radius 2 is 1.95 bits per heavy atom. The molecule has 0 unspecified atom stereocenters. The lowest BCUT2D eigenvalue weighted by molar-refractivity contribution is -0.122. The van der Waals surface area contributed by atoms with Crippen LogP contribution in [0.2, 0.25) is 5.02 Å². The number of aryl methyl sites for hydroxylation is 1. The zero-order valence-corrected chi connectivity index (χ0v) is 13.2. The average molecular weight is 322 g/mol. The van der Waals surface area contributed by atoms with Crippen LogP contribution in [0, 0.1) is 12.7 Å². The maximum absolute atomic E-state index is 13.1. The van der Waals surface area contributed by atoms with Crippen LogP contribution < -0.4 is 10.1 Å². The topological polar surface area (TPSA) is 38.3 Å². The predicted octanol–water partition coefficient (Wildman–Crippen LogP) is 4.58. The van der Waals surface area contributed by atoms with E-state index in [9.17, 15) is 9.18 Å². The smallest absolute Gasteiger partial charge is 0.265 e. The highest BCUT2D eigenvalue weighted by Crippen LogP contribution is 2.20. The first-order chi connectivity index (χ1) is 10.5. The molecule has 0 spiro atoms. The Labute approximate surface area is 134 Å². The monoisotopic (exact) mass is 321 g/mol. The van der Waals surface area contributed by atoms with Gasteiger partial charge in [-0.15, -0.1) is 0 Å². The molecule has 0 fully saturated rings. The second-order valence-corrected chi connectivity index (χ2v) is 5.35. The standard InChI is InChI=1S/C17H17ClFNO2/c1-3-16(22-13-7-4-11(2)5-8-13)17(21)20-12-6-9-15(19)14(18)10-12/h4-10,16H,3H2,1-2H3,(H,20,21)/t16-/m0/s1. The van der Waals surface area contributed by atoms with Crippen LogP contribution in [0.15, 0.2) is 42.5 Å². The fourth-order valence-corrected chi connectivity index (χ4v) is 2.08. The fourth-order valence-electron chi connectivity index (χ4n) is 1.90. The Balaban J connectivity index is 2.04. The van der Waals surface area contributed by atoms with Gasteiger partial charge in [0.15, 0.2) is 6.10 Å². The molecule has 0 radical (unpaired) electrons. The van der Waals surface area contributed by atoms with E-state index >= 15 is 0 Å². The summed E-state index contributed by atoms with van der Waals surface area (Å²) in [4.78, 5) is 12.2. The van der Waals surface area contributed by atoms with Crippen molar-refractivity contribution in [1.82, 2.24) is 0 Å². The maximum atomic E-state index is 13.1. The fraction of sp³-hybridized carbons (Fsp3) is 0.235. The first-order valence-corrected chi connectivity index (χ1v) is 7.36. The van der Waals surface area contributed by atoms with Gasteiger partial charge in [-0.2, -0.15) is 0 Å². The second-order valence-electron chi connectivity index (χ2n) is 4.95. The lowest BCUT2D eigenvalue weighted by Crippen LogP contribution is -2.32. The van der Waals surface area contributed by atoms with Crippen LogP contribution in [-0.2, 0) is 4.79 Å². The minimum Gasteiger partial charge on any atom is -0.481 e. The van der Waals surface area contributed by atoms with Gasteiger partial charge in [-0.1, -0.05) is 36.2 Å². The molecule has 0 bridgehead atoms. The number of carbonyl (C=O) groups excluding carboxylic acids is 1. The molecular weight excluding hydrogens is 305 g/mol. The molecule has 0 saturated heterocycles. The van der Waals surface area contributed by atoms with Crippen molar-refractivity contribution in [1.29, 1.82) is 0 Å². The number of rotatable bonds is 5. The highest BCUT2D eigenvalue weighted by Gasteiger charge is 2.18. The molecule has 0 aliphatic heterocycles. The minimum absolute atomic E-state index is 0.0368. The quantitative estimate of drug-likeness (QED) is 0.875. The Morgan fingerprint density at radius 1 is 1.27 bits per heavy atom. The molecule has 0 aliphatic rings. The van der Waals surface area contributed by atoms with Crippen molar-refractivity contribution >= 4 is 23.2 Å². The molecule has 5 heteroatoms. The van der Waals surface area contributed by atoms with Gasteiger partial charge in [0.05, 0.1) is 5.02 Å². The second kappa shape index (κ2) is 7.27. The van der Waals surface area contributed by atoms with Gasteiger partial charge < -0.3 is 10.1 Å². The van der Waals surface area contributed by atoms with Gasteiger partial charge in [-0.3, -0.25) is 4.79 Å². The Kier molecular flexibility index (Phi) is 5.39. The number of hydrogen-bond donors (Lipinski definition) is 1. The molecule has 22 heavy (non-hydrogen) atoms. The summed E-state index contributed by atoms with van der Waals surface area (Å²) in [5.41, 5.74) is 1.55. The van der Waals surface area contributed by atoms with Crippen LogP contribution in [0.1, 0.15) is 18.9 Å². The van der Waals surface area contributed by atoms with Crippen molar-refractivity contribution in [2.45, 2.75) is 26.4 Å². The molecular formula is C17H17ClFNO2. The Hall–Kier alpha value is -2.07. The molecule has 1 amide bonds. The summed E-state index contributed by atoms with van der Waals surface area (Å²) < 4.78 is 18.8. The van der Waals surface area contributed by atoms with E-state index in [2.05, 4.69) is 5.32 Å². The molecule has 2 aromatic carbocycles. The van der Waals surface area contributed by atoms with Crippen molar-refractivity contribution in [2.75, 3.05) is 5.32 Å². The van der Waals surface area contributed by atoms with Gasteiger partial charge in [-0.05, 0) is 43.7 Å². The van der Waals surface area contributed by atoms with Gasteiger partial charge in [0.1, 0.15) is 11.6 Å². The molecule has 0 heterocycles. The van der Waals surface area contributed by atoms with Crippen LogP contribution in [0.3, 0.4) is 0 Å². The van der Waals surface area contributed by atoms with Gasteiger partial charge >= 0.3 is 0 Å². The molecule has 0 saturated carbocycles. The molecule has 2 aromatic rings. The van der Waals surface area contributed by atoms with Crippen molar-refractivity contribution in [3.05, 3.63) is 58.9 Å². The van der Waals surface area contributed by atoms with Crippen LogP contribution >= 0.6 is 11.6 Å². The van der Waals surface area contributed by atoms with Crippen LogP contribution in [0.5, 0.6) is 5.75 Å². The molecule has 2 rings (SSSR count). The van der Waals surface area contributed by atoms with Crippen LogP contribution in [0.4, 0.5) is 10.1 Å². The Morgan fingerprint density at radius 3 is 2.55 bits per heavy atom. The summed E-state index contributed by atoms with van der Waals surface area (Å²) in [6.07, 6.45) is -0.124. The van der Waals surface area contributed by atoms with E-state index in [1.165, 1.54) is 18.2 Å². The van der Waals surface area contributed by atoms with E-state index in [0.29, 0.717) is 17.9 Å². The van der Waals surface area contributed by atoms with E-state index < -0.39 is 11.9 Å². The van der Waals surface area contributed by atoms with Gasteiger partial charge in [0.25, 0.3) is 5.91 Å². The maximum Gasteiger partial charge on any atom is 0.265 e. The summed E-state index contributed by atoms with van der Waals surface area (Å²) >= 11 is 5.70. The van der Waals surface area contributed by atoms with E-state index in [0.717, 1.165) is 5.56 Å². The Bertz CT molecular complexity index is 658. The van der Waals surface area contributed by atoms with Crippen LogP contribution in [-0.4, -0.2) is 12.0 Å². The normalized spacial score (nSPS) is 11.8. The number of carbonyl (C=O) groups is 1. The van der Waals surface area contributed by atoms with Gasteiger partial charge in [0.2, 0.25) is 0 Å². The third-order valence-electron chi connectivity index (χ3n) is 3.15. The summed E-state index contributed by atoms with van der Waals surface area (Å²) in [5.74, 6) is -0.196. The lowest BCUT2D eigenvalue weighted by atomic mass is 10.2. The first-order valence-electron chi connectivity index (χ1n) is 6.99. The number of nitrogens with one attached hydrogen (secondary N) is 1. The van der Waals surface area contributed by atoms with Crippen molar-refractivity contribution in [2.24, 2.45) is 0 Å².